The van der Waals surface area contributed by atoms with E-state index in [0.29, 0.717) is 11.4 Å². The predicted molar refractivity (Wildman–Crippen MR) is 91.9 cm³/mol. The molecule has 0 saturated carbocycles. The Morgan fingerprint density at radius 2 is 1.96 bits per heavy atom. The molecule has 1 atom stereocenters. The summed E-state index contributed by atoms with van der Waals surface area (Å²) in [5.74, 6) is -0.284. The highest BCUT2D eigenvalue weighted by Crippen LogP contribution is 2.34. The Balaban J connectivity index is 1.70. The summed E-state index contributed by atoms with van der Waals surface area (Å²) in [6.45, 7) is 3.75. The van der Waals surface area contributed by atoms with Crippen LogP contribution in [0, 0.1) is 12.7 Å². The summed E-state index contributed by atoms with van der Waals surface area (Å²) < 4.78 is 18.5. The van der Waals surface area contributed by atoms with Gasteiger partial charge in [0.1, 0.15) is 18.1 Å². The minimum atomic E-state index is -0.639. The molecule has 1 heterocycles. The maximum Gasteiger partial charge on any atom is 0.268 e. The van der Waals surface area contributed by atoms with E-state index < -0.39 is 6.10 Å². The lowest BCUT2D eigenvalue weighted by atomic mass is 10.1. The van der Waals surface area contributed by atoms with Crippen molar-refractivity contribution in [3.8, 4) is 5.75 Å². The summed E-state index contributed by atoms with van der Waals surface area (Å²) in [4.78, 5) is 26.1. The third-order valence-corrected chi connectivity index (χ3v) is 4.03. The summed E-state index contributed by atoms with van der Waals surface area (Å²) in [7, 11) is 0. The molecule has 0 radical (unpaired) electrons. The van der Waals surface area contributed by atoms with Crippen LogP contribution in [0.5, 0.6) is 5.75 Å². The molecule has 5 nitrogen and oxygen atoms in total. The molecule has 1 aliphatic rings. The van der Waals surface area contributed by atoms with E-state index in [4.69, 9.17) is 4.74 Å². The smallest absolute Gasteiger partial charge is 0.268 e. The van der Waals surface area contributed by atoms with Gasteiger partial charge in [0.25, 0.3) is 5.91 Å². The van der Waals surface area contributed by atoms with E-state index in [-0.39, 0.29) is 30.7 Å². The number of fused-ring (bicyclic) bond motifs is 1. The number of hydrogen-bond donors (Lipinski definition) is 1. The van der Waals surface area contributed by atoms with Gasteiger partial charge in [-0.25, -0.2) is 4.39 Å². The molecular weight excluding hydrogens is 323 g/mol. The van der Waals surface area contributed by atoms with Gasteiger partial charge < -0.3 is 10.1 Å². The molecule has 2 amide bonds. The summed E-state index contributed by atoms with van der Waals surface area (Å²) in [6, 6.07) is 11.4. The van der Waals surface area contributed by atoms with Crippen molar-refractivity contribution in [2.24, 2.45) is 0 Å². The van der Waals surface area contributed by atoms with Crippen molar-refractivity contribution in [2.75, 3.05) is 11.4 Å². The molecule has 2 aromatic rings. The van der Waals surface area contributed by atoms with Gasteiger partial charge in [0.05, 0.1) is 5.69 Å². The molecule has 0 bridgehead atoms. The Kier molecular flexibility index (Phi) is 4.70. The number of carbonyl (C=O) groups excluding carboxylic acids is 2. The fourth-order valence-electron chi connectivity index (χ4n) is 2.68. The molecule has 0 aromatic heterocycles. The van der Waals surface area contributed by atoms with Crippen LogP contribution in [-0.4, -0.2) is 24.5 Å². The molecule has 0 saturated heterocycles. The zero-order chi connectivity index (χ0) is 18.0. The first-order valence-corrected chi connectivity index (χ1v) is 8.04. The molecule has 130 valence electrons. The van der Waals surface area contributed by atoms with E-state index in [0.717, 1.165) is 11.1 Å². The monoisotopic (exact) mass is 342 g/mol. The van der Waals surface area contributed by atoms with E-state index in [1.165, 1.54) is 17.0 Å². The van der Waals surface area contributed by atoms with Crippen LogP contribution in [0.15, 0.2) is 42.5 Å². The molecule has 6 heteroatoms. The number of carbonyl (C=O) groups is 2. The third kappa shape index (κ3) is 3.79. The minimum Gasteiger partial charge on any atom is -0.479 e. The highest BCUT2D eigenvalue weighted by Gasteiger charge is 2.32. The highest BCUT2D eigenvalue weighted by molar-refractivity contribution is 6.03. The van der Waals surface area contributed by atoms with Gasteiger partial charge in [0.15, 0.2) is 6.10 Å². The Morgan fingerprint density at radius 3 is 2.68 bits per heavy atom. The van der Waals surface area contributed by atoms with Crippen LogP contribution in [0.3, 0.4) is 0 Å². The molecule has 0 spiro atoms. The van der Waals surface area contributed by atoms with Gasteiger partial charge >= 0.3 is 0 Å². The summed E-state index contributed by atoms with van der Waals surface area (Å²) >= 11 is 0. The number of aryl methyl sites for hydroxylation is 1. The Labute approximate surface area is 145 Å². The number of hydrogen-bond acceptors (Lipinski definition) is 3. The van der Waals surface area contributed by atoms with Crippen molar-refractivity contribution < 1.29 is 18.7 Å². The number of rotatable bonds is 4. The number of halogens is 1. The summed E-state index contributed by atoms with van der Waals surface area (Å²) in [5.41, 5.74) is 2.36. The van der Waals surface area contributed by atoms with Gasteiger partial charge in [-0.2, -0.15) is 0 Å². The van der Waals surface area contributed by atoms with Crippen LogP contribution in [0.4, 0.5) is 10.1 Å². The number of benzene rings is 2. The summed E-state index contributed by atoms with van der Waals surface area (Å²) in [5, 5.41) is 2.75. The van der Waals surface area contributed by atoms with E-state index in [2.05, 4.69) is 5.32 Å². The first-order chi connectivity index (χ1) is 11.9. The van der Waals surface area contributed by atoms with Crippen molar-refractivity contribution in [2.45, 2.75) is 26.5 Å². The SMILES string of the molecule is Cc1ccc2c(c1)N(CC(=O)NCc1ccc(F)cc1)C(=O)[C@H](C)O2. The van der Waals surface area contributed by atoms with Gasteiger partial charge in [0.2, 0.25) is 5.91 Å². The molecule has 2 aromatic carbocycles. The molecule has 0 aliphatic carbocycles. The van der Waals surface area contributed by atoms with Crippen LogP contribution in [0.1, 0.15) is 18.1 Å². The molecule has 0 fully saturated rings. The van der Waals surface area contributed by atoms with Crippen molar-refractivity contribution in [3.63, 3.8) is 0 Å². The lowest BCUT2D eigenvalue weighted by Gasteiger charge is -2.32. The van der Waals surface area contributed by atoms with E-state index in [1.54, 1.807) is 25.1 Å². The number of ether oxygens (including phenoxy) is 1. The van der Waals surface area contributed by atoms with Crippen LogP contribution < -0.4 is 15.0 Å². The number of nitrogens with zero attached hydrogens (tertiary/aromatic N) is 1. The van der Waals surface area contributed by atoms with Gasteiger partial charge in [-0.1, -0.05) is 18.2 Å². The normalized spacial score (nSPS) is 16.2. The van der Waals surface area contributed by atoms with Crippen molar-refractivity contribution >= 4 is 17.5 Å². The fraction of sp³-hybridized carbons (Fsp3) is 0.263. The van der Waals surface area contributed by atoms with Crippen LogP contribution in [0.2, 0.25) is 0 Å². The van der Waals surface area contributed by atoms with Gasteiger partial charge in [-0.05, 0) is 49.2 Å². The molecule has 3 rings (SSSR count). The highest BCUT2D eigenvalue weighted by atomic mass is 19.1. The zero-order valence-electron chi connectivity index (χ0n) is 14.1. The lowest BCUT2D eigenvalue weighted by Crippen LogP contribution is -2.48. The van der Waals surface area contributed by atoms with Gasteiger partial charge in [-0.15, -0.1) is 0 Å². The maximum atomic E-state index is 12.9. The number of amides is 2. The number of nitrogens with one attached hydrogen (secondary N) is 1. The Hall–Kier alpha value is -2.89. The topological polar surface area (TPSA) is 58.6 Å². The Morgan fingerprint density at radius 1 is 1.24 bits per heavy atom. The fourth-order valence-corrected chi connectivity index (χ4v) is 2.68. The maximum absolute atomic E-state index is 12.9. The third-order valence-electron chi connectivity index (χ3n) is 4.03. The standard InChI is InChI=1S/C19H19FN2O3/c1-12-3-8-17-16(9-12)22(19(24)13(2)25-17)11-18(23)21-10-14-4-6-15(20)7-5-14/h3-9,13H,10-11H2,1-2H3,(H,21,23)/t13-/m0/s1. The minimum absolute atomic E-state index is 0.0931. The first kappa shape index (κ1) is 17.0. The average molecular weight is 342 g/mol. The Bertz CT molecular complexity index is 805. The molecule has 1 aliphatic heterocycles. The van der Waals surface area contributed by atoms with Gasteiger partial charge in [0, 0.05) is 6.54 Å². The van der Waals surface area contributed by atoms with Crippen molar-refractivity contribution in [3.05, 3.63) is 59.4 Å². The van der Waals surface area contributed by atoms with E-state index >= 15 is 0 Å². The largest absolute Gasteiger partial charge is 0.479 e. The van der Waals surface area contributed by atoms with E-state index in [9.17, 15) is 14.0 Å². The average Bonchev–Trinajstić information content (AvgIpc) is 2.59. The molecule has 1 N–H and O–H groups in total. The molecule has 25 heavy (non-hydrogen) atoms. The van der Waals surface area contributed by atoms with E-state index in [1.807, 2.05) is 19.1 Å². The predicted octanol–water partition coefficient (Wildman–Crippen LogP) is 2.56. The second kappa shape index (κ2) is 6.93. The number of anilines is 1. The quantitative estimate of drug-likeness (QED) is 0.929. The van der Waals surface area contributed by atoms with Crippen LogP contribution in [0.25, 0.3) is 0 Å². The van der Waals surface area contributed by atoms with Crippen LogP contribution >= 0.6 is 0 Å². The zero-order valence-corrected chi connectivity index (χ0v) is 14.1. The second-order valence-electron chi connectivity index (χ2n) is 6.06. The van der Waals surface area contributed by atoms with Crippen molar-refractivity contribution in [1.29, 1.82) is 0 Å². The second-order valence-corrected chi connectivity index (χ2v) is 6.06. The van der Waals surface area contributed by atoms with Crippen LogP contribution in [-0.2, 0) is 16.1 Å². The molecular formula is C19H19FN2O3. The molecule has 0 unspecified atom stereocenters. The lowest BCUT2D eigenvalue weighted by molar-refractivity contribution is -0.128. The van der Waals surface area contributed by atoms with Gasteiger partial charge in [-0.3, -0.25) is 14.5 Å². The first-order valence-electron chi connectivity index (χ1n) is 8.04. The summed E-state index contributed by atoms with van der Waals surface area (Å²) in [6.07, 6.45) is -0.639. The van der Waals surface area contributed by atoms with Crippen molar-refractivity contribution in [1.82, 2.24) is 5.32 Å².